The molecule has 1 amide bonds. The monoisotopic (exact) mass is 278 g/mol. The quantitative estimate of drug-likeness (QED) is 0.856. The van der Waals surface area contributed by atoms with Crippen LogP contribution in [0.15, 0.2) is 30.3 Å². The number of carboxylic acids is 1. The van der Waals surface area contributed by atoms with Crippen molar-refractivity contribution in [3.63, 3.8) is 0 Å². The molecular formula is C15H22N2O3. The molecule has 1 aromatic carbocycles. The lowest BCUT2D eigenvalue weighted by atomic mass is 9.89. The second-order valence-electron chi connectivity index (χ2n) is 5.48. The van der Waals surface area contributed by atoms with Crippen LogP contribution >= 0.6 is 0 Å². The number of likely N-dealkylation sites (N-methyl/N-ethyl adjacent to an activating group) is 1. The third-order valence-electron chi connectivity index (χ3n) is 3.58. The number of hydrogen-bond acceptors (Lipinski definition) is 3. The number of rotatable bonds is 5. The molecule has 0 saturated carbocycles. The fraction of sp³-hybridized carbons (Fsp3) is 0.467. The molecule has 1 rings (SSSR count). The zero-order valence-corrected chi connectivity index (χ0v) is 12.4. The molecular weight excluding hydrogens is 256 g/mol. The Morgan fingerprint density at radius 2 is 1.70 bits per heavy atom. The SMILES string of the molecule is CCN(C(=O)C(C)(N)c1ccccc1)C(C)(C)C(=O)O. The van der Waals surface area contributed by atoms with Crippen LogP contribution in [0.4, 0.5) is 0 Å². The Kier molecular flexibility index (Phi) is 4.55. The van der Waals surface area contributed by atoms with Gasteiger partial charge in [0.05, 0.1) is 0 Å². The lowest BCUT2D eigenvalue weighted by molar-refractivity contribution is -0.159. The van der Waals surface area contributed by atoms with Crippen molar-refractivity contribution in [1.29, 1.82) is 0 Å². The topological polar surface area (TPSA) is 83.6 Å². The van der Waals surface area contributed by atoms with Gasteiger partial charge in [0.1, 0.15) is 11.1 Å². The van der Waals surface area contributed by atoms with Crippen molar-refractivity contribution < 1.29 is 14.7 Å². The van der Waals surface area contributed by atoms with E-state index in [4.69, 9.17) is 5.73 Å². The molecule has 0 heterocycles. The predicted octanol–water partition coefficient (Wildman–Crippen LogP) is 1.57. The van der Waals surface area contributed by atoms with Crippen LogP contribution in [0, 0.1) is 0 Å². The van der Waals surface area contributed by atoms with Gasteiger partial charge in [-0.25, -0.2) is 4.79 Å². The molecule has 0 radical (unpaired) electrons. The molecule has 20 heavy (non-hydrogen) atoms. The van der Waals surface area contributed by atoms with E-state index in [1.165, 1.54) is 18.7 Å². The maximum absolute atomic E-state index is 12.7. The Bertz CT molecular complexity index is 495. The summed E-state index contributed by atoms with van der Waals surface area (Å²) in [4.78, 5) is 25.3. The maximum Gasteiger partial charge on any atom is 0.329 e. The van der Waals surface area contributed by atoms with Crippen molar-refractivity contribution >= 4 is 11.9 Å². The number of nitrogens with zero attached hydrogens (tertiary/aromatic N) is 1. The summed E-state index contributed by atoms with van der Waals surface area (Å²) in [7, 11) is 0. The van der Waals surface area contributed by atoms with Crippen molar-refractivity contribution in [3.8, 4) is 0 Å². The molecule has 0 saturated heterocycles. The lowest BCUT2D eigenvalue weighted by Gasteiger charge is -2.39. The molecule has 0 aliphatic carbocycles. The molecule has 110 valence electrons. The van der Waals surface area contributed by atoms with E-state index in [0.29, 0.717) is 5.56 Å². The molecule has 0 bridgehead atoms. The van der Waals surface area contributed by atoms with Gasteiger partial charge in [0.25, 0.3) is 0 Å². The van der Waals surface area contributed by atoms with Gasteiger partial charge in [0, 0.05) is 6.54 Å². The van der Waals surface area contributed by atoms with Gasteiger partial charge in [-0.2, -0.15) is 0 Å². The van der Waals surface area contributed by atoms with Crippen molar-refractivity contribution in [3.05, 3.63) is 35.9 Å². The summed E-state index contributed by atoms with van der Waals surface area (Å²) in [6, 6.07) is 8.96. The highest BCUT2D eigenvalue weighted by atomic mass is 16.4. The minimum atomic E-state index is -1.30. The number of carboxylic acid groups (broad SMARTS) is 1. The first-order valence-electron chi connectivity index (χ1n) is 6.55. The maximum atomic E-state index is 12.7. The fourth-order valence-corrected chi connectivity index (χ4v) is 2.10. The molecule has 1 atom stereocenters. The minimum Gasteiger partial charge on any atom is -0.480 e. The fourth-order valence-electron chi connectivity index (χ4n) is 2.10. The highest BCUT2D eigenvalue weighted by molar-refractivity contribution is 5.92. The third-order valence-corrected chi connectivity index (χ3v) is 3.58. The summed E-state index contributed by atoms with van der Waals surface area (Å²) >= 11 is 0. The molecule has 1 unspecified atom stereocenters. The van der Waals surface area contributed by atoms with E-state index in [9.17, 15) is 14.7 Å². The zero-order chi connectivity index (χ0) is 15.6. The first-order chi connectivity index (χ1) is 9.15. The van der Waals surface area contributed by atoms with E-state index < -0.39 is 23.0 Å². The van der Waals surface area contributed by atoms with Crippen LogP contribution < -0.4 is 5.73 Å². The molecule has 0 spiro atoms. The molecule has 0 fully saturated rings. The van der Waals surface area contributed by atoms with Crippen LogP contribution in [0.3, 0.4) is 0 Å². The van der Waals surface area contributed by atoms with Crippen molar-refractivity contribution in [2.75, 3.05) is 6.54 Å². The lowest BCUT2D eigenvalue weighted by Crippen LogP contribution is -2.60. The smallest absolute Gasteiger partial charge is 0.329 e. The first-order valence-corrected chi connectivity index (χ1v) is 6.55. The summed E-state index contributed by atoms with van der Waals surface area (Å²) in [6.45, 7) is 6.61. The second kappa shape index (κ2) is 5.63. The van der Waals surface area contributed by atoms with Crippen molar-refractivity contribution in [2.45, 2.75) is 38.8 Å². The Morgan fingerprint density at radius 3 is 2.10 bits per heavy atom. The van der Waals surface area contributed by atoms with E-state index in [0.717, 1.165) is 0 Å². The van der Waals surface area contributed by atoms with E-state index in [1.54, 1.807) is 38.1 Å². The third kappa shape index (κ3) is 2.82. The molecule has 0 aliphatic rings. The number of hydrogen-bond donors (Lipinski definition) is 2. The molecule has 1 aromatic rings. The van der Waals surface area contributed by atoms with Gasteiger partial charge >= 0.3 is 5.97 Å². The summed E-state index contributed by atoms with van der Waals surface area (Å²) in [6.07, 6.45) is 0. The van der Waals surface area contributed by atoms with Crippen molar-refractivity contribution in [2.24, 2.45) is 5.73 Å². The summed E-state index contributed by atoms with van der Waals surface area (Å²) < 4.78 is 0. The number of carbonyl (C=O) groups excluding carboxylic acids is 1. The highest BCUT2D eigenvalue weighted by Crippen LogP contribution is 2.25. The average Bonchev–Trinajstić information content (AvgIpc) is 2.39. The standard InChI is InChI=1S/C15H22N2O3/c1-5-17(14(2,3)13(19)20)12(18)15(4,16)11-9-7-6-8-10-11/h6-10H,5,16H2,1-4H3,(H,19,20). The normalized spacial score (nSPS) is 14.4. The predicted molar refractivity (Wildman–Crippen MR) is 77.1 cm³/mol. The van der Waals surface area contributed by atoms with E-state index in [1.807, 2.05) is 6.07 Å². The van der Waals surface area contributed by atoms with Gasteiger partial charge in [-0.05, 0) is 33.3 Å². The van der Waals surface area contributed by atoms with Crippen molar-refractivity contribution in [1.82, 2.24) is 4.90 Å². The van der Waals surface area contributed by atoms with Crippen LogP contribution in [-0.4, -0.2) is 34.0 Å². The number of carbonyl (C=O) groups is 2. The average molecular weight is 278 g/mol. The van der Waals surface area contributed by atoms with Gasteiger partial charge in [-0.15, -0.1) is 0 Å². The number of aliphatic carboxylic acids is 1. The Morgan fingerprint density at radius 1 is 1.20 bits per heavy atom. The van der Waals surface area contributed by atoms with Crippen LogP contribution in [0.25, 0.3) is 0 Å². The Labute approximate surface area is 119 Å². The molecule has 0 aromatic heterocycles. The Balaban J connectivity index is 3.18. The van der Waals surface area contributed by atoms with Crippen LogP contribution in [0.2, 0.25) is 0 Å². The molecule has 3 N–H and O–H groups in total. The van der Waals surface area contributed by atoms with Crippen LogP contribution in [0.5, 0.6) is 0 Å². The largest absolute Gasteiger partial charge is 0.480 e. The summed E-state index contributed by atoms with van der Waals surface area (Å²) in [5.41, 5.74) is 4.26. The van der Waals surface area contributed by atoms with Crippen LogP contribution in [-0.2, 0) is 15.1 Å². The number of benzene rings is 1. The van der Waals surface area contributed by atoms with E-state index >= 15 is 0 Å². The van der Waals surface area contributed by atoms with Gasteiger partial charge < -0.3 is 15.7 Å². The van der Waals surface area contributed by atoms with Gasteiger partial charge in [-0.1, -0.05) is 30.3 Å². The zero-order valence-electron chi connectivity index (χ0n) is 12.4. The Hall–Kier alpha value is -1.88. The van der Waals surface area contributed by atoms with Gasteiger partial charge in [0.2, 0.25) is 5.91 Å². The van der Waals surface area contributed by atoms with Gasteiger partial charge in [-0.3, -0.25) is 4.79 Å². The number of amides is 1. The second-order valence-corrected chi connectivity index (χ2v) is 5.48. The first kappa shape index (κ1) is 16.2. The number of nitrogens with two attached hydrogens (primary N) is 1. The van der Waals surface area contributed by atoms with Gasteiger partial charge in [0.15, 0.2) is 0 Å². The highest BCUT2D eigenvalue weighted by Gasteiger charge is 2.43. The summed E-state index contributed by atoms with van der Waals surface area (Å²) in [5.74, 6) is -1.46. The molecule has 5 nitrogen and oxygen atoms in total. The van der Waals surface area contributed by atoms with E-state index in [2.05, 4.69) is 0 Å². The molecule has 5 heteroatoms. The van der Waals surface area contributed by atoms with E-state index in [-0.39, 0.29) is 6.54 Å². The minimum absolute atomic E-state index is 0.276. The summed E-state index contributed by atoms with van der Waals surface area (Å²) in [5, 5.41) is 9.29. The molecule has 0 aliphatic heterocycles. The van der Waals surface area contributed by atoms with Crippen LogP contribution in [0.1, 0.15) is 33.3 Å².